The minimum absolute atomic E-state index is 0.257. The Balaban J connectivity index is 2.07. The maximum Gasteiger partial charge on any atom is 0.272 e. The number of hydrogen-bond acceptors (Lipinski definition) is 5. The van der Waals surface area contributed by atoms with Gasteiger partial charge >= 0.3 is 0 Å². The number of carbonyl (C=O) groups is 2. The number of anilines is 1. The highest BCUT2D eigenvalue weighted by atomic mass is 32.1. The van der Waals surface area contributed by atoms with Gasteiger partial charge in [-0.05, 0) is 19.3 Å². The second-order valence-corrected chi connectivity index (χ2v) is 6.25. The number of aryl methyl sites for hydroxylation is 1. The molecule has 0 radical (unpaired) electrons. The normalized spacial score (nSPS) is 12.2. The first-order valence-electron chi connectivity index (χ1n) is 6.98. The van der Waals surface area contributed by atoms with Crippen LogP contribution in [0, 0.1) is 12.8 Å². The van der Waals surface area contributed by atoms with Gasteiger partial charge in [0.1, 0.15) is 11.7 Å². The number of carbonyl (C=O) groups excluding carboxylic acids is 2. The van der Waals surface area contributed by atoms with Gasteiger partial charge in [-0.2, -0.15) is 0 Å². The number of aromatic nitrogens is 3. The smallest absolute Gasteiger partial charge is 0.272 e. The van der Waals surface area contributed by atoms with Crippen LogP contribution in [0.1, 0.15) is 36.5 Å². The number of nitrogens with one attached hydrogen (secondary N) is 3. The lowest BCUT2D eigenvalue weighted by molar-refractivity contribution is -0.118. The first kappa shape index (κ1) is 16.2. The fourth-order valence-corrected chi connectivity index (χ4v) is 2.53. The van der Waals surface area contributed by atoms with Gasteiger partial charge in [-0.25, -0.2) is 9.97 Å². The average Bonchev–Trinajstić information content (AvgIpc) is 3.08. The standard InChI is InChI=1S/C14H19N5O2S/c1-8(2)6-10(12(20)19-14-15-4-5-22-14)18-13(21)11-9(3)16-7-17-11/h4-5,7-8,10H,6H2,1-3H3,(H,16,17)(H,18,21)(H,15,19,20). The second-order valence-electron chi connectivity index (χ2n) is 5.36. The van der Waals surface area contributed by atoms with Crippen molar-refractivity contribution in [2.75, 3.05) is 5.32 Å². The number of amides is 2. The monoisotopic (exact) mass is 321 g/mol. The van der Waals surface area contributed by atoms with E-state index in [-0.39, 0.29) is 17.7 Å². The van der Waals surface area contributed by atoms with Gasteiger partial charge in [0.25, 0.3) is 5.91 Å². The minimum Gasteiger partial charge on any atom is -0.348 e. The summed E-state index contributed by atoms with van der Waals surface area (Å²) in [6.07, 6.45) is 3.60. The number of thiazole rings is 1. The maximum atomic E-state index is 12.3. The molecule has 0 aliphatic rings. The maximum absolute atomic E-state index is 12.3. The van der Waals surface area contributed by atoms with Crippen LogP contribution in [-0.2, 0) is 4.79 Å². The molecule has 0 saturated carbocycles. The summed E-state index contributed by atoms with van der Waals surface area (Å²) < 4.78 is 0. The molecule has 0 aliphatic carbocycles. The molecule has 1 atom stereocenters. The molecule has 2 heterocycles. The lowest BCUT2D eigenvalue weighted by Crippen LogP contribution is -2.44. The van der Waals surface area contributed by atoms with E-state index in [4.69, 9.17) is 0 Å². The van der Waals surface area contributed by atoms with E-state index in [1.807, 2.05) is 13.8 Å². The van der Waals surface area contributed by atoms with E-state index in [1.165, 1.54) is 17.7 Å². The van der Waals surface area contributed by atoms with E-state index >= 15 is 0 Å². The summed E-state index contributed by atoms with van der Waals surface area (Å²) in [6, 6.07) is -0.632. The van der Waals surface area contributed by atoms with Crippen LogP contribution in [0.4, 0.5) is 5.13 Å². The molecular weight excluding hydrogens is 302 g/mol. The summed E-state index contributed by atoms with van der Waals surface area (Å²) in [5.41, 5.74) is 0.969. The van der Waals surface area contributed by atoms with E-state index < -0.39 is 6.04 Å². The zero-order chi connectivity index (χ0) is 16.1. The predicted octanol–water partition coefficient (Wildman–Crippen LogP) is 1.96. The van der Waals surface area contributed by atoms with E-state index in [2.05, 4.69) is 25.6 Å². The summed E-state index contributed by atoms with van der Waals surface area (Å²) in [6.45, 7) is 5.75. The van der Waals surface area contributed by atoms with Crippen LogP contribution in [0.2, 0.25) is 0 Å². The Kier molecular flexibility index (Phi) is 5.26. The van der Waals surface area contributed by atoms with Crippen molar-refractivity contribution in [2.45, 2.75) is 33.2 Å². The van der Waals surface area contributed by atoms with Gasteiger partial charge in [0.15, 0.2) is 5.13 Å². The number of aromatic amines is 1. The molecule has 2 aromatic heterocycles. The number of nitrogens with zero attached hydrogens (tertiary/aromatic N) is 2. The van der Waals surface area contributed by atoms with Crippen molar-refractivity contribution in [3.8, 4) is 0 Å². The highest BCUT2D eigenvalue weighted by Gasteiger charge is 2.24. The third-order valence-electron chi connectivity index (χ3n) is 3.04. The van der Waals surface area contributed by atoms with Crippen molar-refractivity contribution in [1.29, 1.82) is 0 Å². The first-order valence-corrected chi connectivity index (χ1v) is 7.86. The van der Waals surface area contributed by atoms with Gasteiger partial charge in [-0.3, -0.25) is 9.59 Å². The molecule has 1 unspecified atom stereocenters. The quantitative estimate of drug-likeness (QED) is 0.757. The SMILES string of the molecule is Cc1[nH]cnc1C(=O)NC(CC(C)C)C(=O)Nc1nccs1. The van der Waals surface area contributed by atoms with E-state index in [9.17, 15) is 9.59 Å². The van der Waals surface area contributed by atoms with Crippen LogP contribution >= 0.6 is 11.3 Å². The molecule has 0 bridgehead atoms. The largest absolute Gasteiger partial charge is 0.348 e. The first-order chi connectivity index (χ1) is 10.5. The van der Waals surface area contributed by atoms with Gasteiger partial charge in [0.05, 0.1) is 6.33 Å². The Bertz CT molecular complexity index is 635. The molecule has 0 spiro atoms. The van der Waals surface area contributed by atoms with Gasteiger partial charge in [0, 0.05) is 17.3 Å². The van der Waals surface area contributed by atoms with Crippen molar-refractivity contribution in [3.05, 3.63) is 29.3 Å². The fourth-order valence-electron chi connectivity index (χ4n) is 1.99. The number of rotatable bonds is 6. The number of H-pyrrole nitrogens is 1. The van der Waals surface area contributed by atoms with Crippen LogP contribution in [0.3, 0.4) is 0 Å². The summed E-state index contributed by atoms with van der Waals surface area (Å²) in [5, 5.41) is 7.76. The fraction of sp³-hybridized carbons (Fsp3) is 0.429. The summed E-state index contributed by atoms with van der Waals surface area (Å²) in [5.74, 6) is -0.378. The molecule has 118 valence electrons. The van der Waals surface area contributed by atoms with Gasteiger partial charge < -0.3 is 15.6 Å². The summed E-state index contributed by atoms with van der Waals surface area (Å²) in [7, 11) is 0. The highest BCUT2D eigenvalue weighted by molar-refractivity contribution is 7.13. The van der Waals surface area contributed by atoms with E-state index in [0.29, 0.717) is 22.9 Å². The highest BCUT2D eigenvalue weighted by Crippen LogP contribution is 2.13. The average molecular weight is 321 g/mol. The number of imidazole rings is 1. The Morgan fingerprint density at radius 2 is 2.14 bits per heavy atom. The zero-order valence-corrected chi connectivity index (χ0v) is 13.5. The molecule has 0 aromatic carbocycles. The zero-order valence-electron chi connectivity index (χ0n) is 12.7. The van der Waals surface area contributed by atoms with E-state index in [0.717, 1.165) is 0 Å². The third kappa shape index (κ3) is 4.14. The van der Waals surface area contributed by atoms with Crippen LogP contribution in [0.25, 0.3) is 0 Å². The van der Waals surface area contributed by atoms with Crippen molar-refractivity contribution in [2.24, 2.45) is 5.92 Å². The lowest BCUT2D eigenvalue weighted by atomic mass is 10.0. The molecule has 2 rings (SSSR count). The second kappa shape index (κ2) is 7.17. The van der Waals surface area contributed by atoms with Crippen LogP contribution in [0.15, 0.2) is 17.9 Å². The van der Waals surface area contributed by atoms with Crippen molar-refractivity contribution in [1.82, 2.24) is 20.3 Å². The molecule has 0 aliphatic heterocycles. The Morgan fingerprint density at radius 3 is 2.68 bits per heavy atom. The van der Waals surface area contributed by atoms with Crippen molar-refractivity contribution < 1.29 is 9.59 Å². The Labute approximate surface area is 132 Å². The molecule has 7 nitrogen and oxygen atoms in total. The van der Waals surface area contributed by atoms with Gasteiger partial charge in [-0.15, -0.1) is 11.3 Å². The molecular formula is C14H19N5O2S. The Morgan fingerprint density at radius 1 is 1.36 bits per heavy atom. The van der Waals surface area contributed by atoms with Crippen LogP contribution < -0.4 is 10.6 Å². The Hall–Kier alpha value is -2.22. The van der Waals surface area contributed by atoms with Gasteiger partial charge in [0.2, 0.25) is 5.91 Å². The molecule has 22 heavy (non-hydrogen) atoms. The predicted molar refractivity (Wildman–Crippen MR) is 84.8 cm³/mol. The summed E-state index contributed by atoms with van der Waals surface area (Å²) in [4.78, 5) is 35.4. The summed E-state index contributed by atoms with van der Waals surface area (Å²) >= 11 is 1.33. The molecule has 8 heteroatoms. The minimum atomic E-state index is -0.632. The molecule has 2 amide bonds. The van der Waals surface area contributed by atoms with Gasteiger partial charge in [-0.1, -0.05) is 13.8 Å². The molecule has 2 aromatic rings. The molecule has 0 saturated heterocycles. The van der Waals surface area contributed by atoms with Crippen LogP contribution in [0.5, 0.6) is 0 Å². The number of hydrogen-bond donors (Lipinski definition) is 3. The van der Waals surface area contributed by atoms with Crippen LogP contribution in [-0.4, -0.2) is 32.8 Å². The van der Waals surface area contributed by atoms with E-state index in [1.54, 1.807) is 18.5 Å². The lowest BCUT2D eigenvalue weighted by Gasteiger charge is -2.19. The third-order valence-corrected chi connectivity index (χ3v) is 3.72. The molecule has 0 fully saturated rings. The molecule has 3 N–H and O–H groups in total. The topological polar surface area (TPSA) is 99.8 Å². The van der Waals surface area contributed by atoms with Crippen molar-refractivity contribution in [3.63, 3.8) is 0 Å². The van der Waals surface area contributed by atoms with Crippen molar-refractivity contribution >= 4 is 28.3 Å².